The van der Waals surface area contributed by atoms with E-state index in [0.717, 1.165) is 34.5 Å². The molecule has 5 rings (SSSR count). The van der Waals surface area contributed by atoms with Crippen LogP contribution in [0.15, 0.2) is 72.2 Å². The molecule has 0 atom stereocenters. The van der Waals surface area contributed by atoms with Gasteiger partial charge in [0.05, 0.1) is 5.69 Å². The van der Waals surface area contributed by atoms with Crippen molar-refractivity contribution in [3.8, 4) is 11.3 Å². The molecule has 0 bridgehead atoms. The highest BCUT2D eigenvalue weighted by atomic mass is 32.1. The number of carbonyl (C=O) groups excluding carboxylic acids is 2. The maximum atomic E-state index is 13.0. The summed E-state index contributed by atoms with van der Waals surface area (Å²) in [6.45, 7) is 2.67. The third kappa shape index (κ3) is 3.90. The first-order valence-electron chi connectivity index (χ1n) is 10.3. The van der Waals surface area contributed by atoms with Crippen molar-refractivity contribution < 1.29 is 9.59 Å². The number of nitrogens with one attached hydrogen (secondary N) is 1. The van der Waals surface area contributed by atoms with Crippen LogP contribution in [-0.2, 0) is 6.42 Å². The molecule has 4 aromatic rings. The van der Waals surface area contributed by atoms with E-state index >= 15 is 0 Å². The zero-order valence-electron chi connectivity index (χ0n) is 17.4. The molecule has 2 aromatic carbocycles. The van der Waals surface area contributed by atoms with E-state index in [9.17, 15) is 9.59 Å². The maximum absolute atomic E-state index is 13.0. The Labute approximate surface area is 189 Å². The molecule has 158 valence electrons. The van der Waals surface area contributed by atoms with Crippen LogP contribution in [0.1, 0.15) is 32.0 Å². The molecule has 0 radical (unpaired) electrons. The van der Waals surface area contributed by atoms with Gasteiger partial charge in [-0.25, -0.2) is 4.98 Å². The molecule has 0 fully saturated rings. The fourth-order valence-corrected chi connectivity index (χ4v) is 4.46. The average Bonchev–Trinajstić information content (AvgIpc) is 3.46. The first-order valence-corrected chi connectivity index (χ1v) is 11.2. The van der Waals surface area contributed by atoms with Crippen molar-refractivity contribution in [1.82, 2.24) is 9.97 Å². The molecule has 7 heteroatoms. The van der Waals surface area contributed by atoms with Gasteiger partial charge in [0.1, 0.15) is 5.69 Å². The Balaban J connectivity index is 1.33. The summed E-state index contributed by atoms with van der Waals surface area (Å²) < 4.78 is 0. The molecule has 6 nitrogen and oxygen atoms in total. The van der Waals surface area contributed by atoms with Gasteiger partial charge >= 0.3 is 0 Å². The van der Waals surface area contributed by atoms with Gasteiger partial charge in [0.2, 0.25) is 0 Å². The van der Waals surface area contributed by atoms with Crippen LogP contribution < -0.4 is 10.2 Å². The summed E-state index contributed by atoms with van der Waals surface area (Å²) in [7, 11) is 0. The number of carbonyl (C=O) groups is 2. The summed E-state index contributed by atoms with van der Waals surface area (Å²) in [5.74, 6) is -0.268. The minimum Gasteiger partial charge on any atom is -0.308 e. The van der Waals surface area contributed by atoms with Crippen LogP contribution in [0.2, 0.25) is 0 Å². The van der Waals surface area contributed by atoms with Crippen LogP contribution >= 0.6 is 11.3 Å². The minimum absolute atomic E-state index is 0.0182. The molecule has 2 amide bonds. The Morgan fingerprint density at radius 2 is 1.91 bits per heavy atom. The van der Waals surface area contributed by atoms with Crippen molar-refractivity contribution in [2.24, 2.45) is 0 Å². The largest absolute Gasteiger partial charge is 0.308 e. The first-order chi connectivity index (χ1) is 15.6. The molecule has 1 aliphatic rings. The van der Waals surface area contributed by atoms with E-state index in [0.29, 0.717) is 22.9 Å². The number of aryl methyl sites for hydroxylation is 1. The number of amides is 2. The van der Waals surface area contributed by atoms with Crippen LogP contribution in [-0.4, -0.2) is 28.3 Å². The van der Waals surface area contributed by atoms with E-state index in [1.807, 2.05) is 53.6 Å². The first kappa shape index (κ1) is 20.1. The molecule has 0 aliphatic carbocycles. The molecule has 32 heavy (non-hydrogen) atoms. The summed E-state index contributed by atoms with van der Waals surface area (Å²) in [6, 6.07) is 18.9. The Morgan fingerprint density at radius 1 is 1.06 bits per heavy atom. The predicted octanol–water partition coefficient (Wildman–Crippen LogP) is 4.97. The van der Waals surface area contributed by atoms with Gasteiger partial charge in [0, 0.05) is 34.9 Å². The van der Waals surface area contributed by atoms with Gasteiger partial charge in [-0.2, -0.15) is 0 Å². The van der Waals surface area contributed by atoms with Gasteiger partial charge < -0.3 is 4.90 Å². The van der Waals surface area contributed by atoms with Gasteiger partial charge in [0.15, 0.2) is 5.13 Å². The average molecular weight is 441 g/mol. The fraction of sp³-hybridized carbons (Fsp3) is 0.120. The molecule has 3 heterocycles. The number of pyridine rings is 1. The van der Waals surface area contributed by atoms with E-state index in [1.165, 1.54) is 11.3 Å². The second-order valence-corrected chi connectivity index (χ2v) is 8.48. The van der Waals surface area contributed by atoms with Crippen molar-refractivity contribution in [1.29, 1.82) is 0 Å². The van der Waals surface area contributed by atoms with E-state index in [2.05, 4.69) is 21.4 Å². The smallest absolute Gasteiger partial charge is 0.276 e. The molecule has 1 aliphatic heterocycles. The molecule has 1 N–H and O–H groups in total. The Morgan fingerprint density at radius 3 is 2.69 bits per heavy atom. The quantitative estimate of drug-likeness (QED) is 0.486. The molecular weight excluding hydrogens is 420 g/mol. The van der Waals surface area contributed by atoms with Crippen LogP contribution in [0.5, 0.6) is 0 Å². The summed E-state index contributed by atoms with van der Waals surface area (Å²) in [4.78, 5) is 35.7. The fourth-order valence-electron chi connectivity index (χ4n) is 3.75. The lowest BCUT2D eigenvalue weighted by atomic mass is 10.1. The van der Waals surface area contributed by atoms with Gasteiger partial charge in [-0.3, -0.25) is 19.9 Å². The van der Waals surface area contributed by atoms with Crippen molar-refractivity contribution in [2.75, 3.05) is 16.8 Å². The lowest BCUT2D eigenvalue weighted by Gasteiger charge is -2.17. The van der Waals surface area contributed by atoms with E-state index in [4.69, 9.17) is 0 Å². The Bertz CT molecular complexity index is 1300. The predicted molar refractivity (Wildman–Crippen MR) is 126 cm³/mol. The van der Waals surface area contributed by atoms with Gasteiger partial charge in [-0.05, 0) is 55.3 Å². The number of thiazole rings is 1. The third-order valence-corrected chi connectivity index (χ3v) is 6.19. The number of fused-ring (bicyclic) bond motifs is 1. The highest BCUT2D eigenvalue weighted by Crippen LogP contribution is 2.34. The number of benzene rings is 2. The normalized spacial score (nSPS) is 12.5. The zero-order valence-corrected chi connectivity index (χ0v) is 18.2. The molecular formula is C25H20N4O2S. The zero-order chi connectivity index (χ0) is 22.1. The number of hydrogen-bond acceptors (Lipinski definition) is 5. The highest BCUT2D eigenvalue weighted by molar-refractivity contribution is 7.14. The molecule has 0 spiro atoms. The van der Waals surface area contributed by atoms with Gasteiger partial charge in [-0.15, -0.1) is 11.3 Å². The SMILES string of the molecule is Cc1ccc(C(=O)N2CCc3cc(-c4csc(NC(=O)c5ccccn5)n4)ccc32)cc1. The standard InChI is InChI=1S/C25H20N4O2S/c1-16-5-7-17(8-6-16)24(31)29-13-11-19-14-18(9-10-22(19)29)21-15-32-25(27-21)28-23(30)20-4-2-3-12-26-20/h2-10,12,14-15H,11,13H2,1H3,(H,27,28,30). The molecule has 2 aromatic heterocycles. The van der Waals surface area contributed by atoms with Crippen molar-refractivity contribution in [3.05, 3.63) is 94.6 Å². The summed E-state index contributed by atoms with van der Waals surface area (Å²) in [5.41, 5.74) is 5.99. The van der Waals surface area contributed by atoms with Crippen molar-refractivity contribution >= 4 is 34.0 Å². The highest BCUT2D eigenvalue weighted by Gasteiger charge is 2.26. The number of nitrogens with zero attached hydrogens (tertiary/aromatic N) is 3. The topological polar surface area (TPSA) is 75.2 Å². The molecule has 0 unspecified atom stereocenters. The molecule has 0 saturated carbocycles. The number of rotatable bonds is 4. The monoisotopic (exact) mass is 440 g/mol. The molecule has 0 saturated heterocycles. The van der Waals surface area contributed by atoms with Crippen molar-refractivity contribution in [2.45, 2.75) is 13.3 Å². The van der Waals surface area contributed by atoms with E-state index in [1.54, 1.807) is 24.4 Å². The van der Waals surface area contributed by atoms with Crippen LogP contribution in [0.4, 0.5) is 10.8 Å². The lowest BCUT2D eigenvalue weighted by Crippen LogP contribution is -2.28. The second kappa shape index (κ2) is 8.36. The Kier molecular flexibility index (Phi) is 5.25. The van der Waals surface area contributed by atoms with E-state index < -0.39 is 0 Å². The van der Waals surface area contributed by atoms with E-state index in [-0.39, 0.29) is 11.8 Å². The summed E-state index contributed by atoms with van der Waals surface area (Å²) in [5, 5.41) is 5.24. The second-order valence-electron chi connectivity index (χ2n) is 7.62. The third-order valence-electron chi connectivity index (χ3n) is 5.44. The van der Waals surface area contributed by atoms with Crippen LogP contribution in [0.25, 0.3) is 11.3 Å². The van der Waals surface area contributed by atoms with Gasteiger partial charge in [-0.1, -0.05) is 29.8 Å². The summed E-state index contributed by atoms with van der Waals surface area (Å²) in [6.07, 6.45) is 2.38. The van der Waals surface area contributed by atoms with Crippen molar-refractivity contribution in [3.63, 3.8) is 0 Å². The van der Waals surface area contributed by atoms with Crippen LogP contribution in [0.3, 0.4) is 0 Å². The number of hydrogen-bond donors (Lipinski definition) is 1. The number of aromatic nitrogens is 2. The van der Waals surface area contributed by atoms with Crippen LogP contribution in [0, 0.1) is 6.92 Å². The number of anilines is 2. The van der Waals surface area contributed by atoms with Gasteiger partial charge in [0.25, 0.3) is 11.8 Å². The summed E-state index contributed by atoms with van der Waals surface area (Å²) >= 11 is 1.37. The maximum Gasteiger partial charge on any atom is 0.276 e. The lowest BCUT2D eigenvalue weighted by molar-refractivity contribution is 0.0987. The minimum atomic E-state index is -0.286. The Hall–Kier alpha value is -3.84.